The Balaban J connectivity index is 1.48. The summed E-state index contributed by atoms with van der Waals surface area (Å²) in [5.74, 6) is 0.0738. The van der Waals surface area contributed by atoms with Crippen LogP contribution in [0.2, 0.25) is 0 Å². The number of nitrogens with zero attached hydrogens (tertiary/aromatic N) is 3. The van der Waals surface area contributed by atoms with Gasteiger partial charge in [-0.1, -0.05) is 37.3 Å². The molecule has 0 aliphatic carbocycles. The number of carbonyl (C=O) groups is 1. The molecule has 0 radical (unpaired) electrons. The summed E-state index contributed by atoms with van der Waals surface area (Å²) >= 11 is 0. The summed E-state index contributed by atoms with van der Waals surface area (Å²) in [7, 11) is 0. The minimum absolute atomic E-state index is 0.119. The molecule has 3 rings (SSSR count). The largest absolute Gasteiger partial charge is 0.376 e. The molecule has 1 aliphatic heterocycles. The molecule has 2 heterocycles. The Labute approximate surface area is 143 Å². The third-order valence-electron chi connectivity index (χ3n) is 4.52. The topological polar surface area (TPSA) is 47.4 Å². The van der Waals surface area contributed by atoms with Crippen LogP contribution in [-0.2, 0) is 22.7 Å². The Bertz CT molecular complexity index is 627. The Morgan fingerprint density at radius 2 is 2.17 bits per heavy atom. The molecule has 1 amide bonds. The van der Waals surface area contributed by atoms with Crippen LogP contribution in [0.4, 0.5) is 0 Å². The van der Waals surface area contributed by atoms with Crippen molar-refractivity contribution in [2.75, 3.05) is 13.2 Å². The first-order valence-electron chi connectivity index (χ1n) is 8.63. The maximum Gasteiger partial charge on any atom is 0.228 e. The minimum atomic E-state index is -0.119. The van der Waals surface area contributed by atoms with Crippen LogP contribution in [-0.4, -0.2) is 39.8 Å². The Hall–Kier alpha value is -2.14. The number of likely N-dealkylation sites (tertiary alicyclic amines) is 1. The molecule has 24 heavy (non-hydrogen) atoms. The number of carbonyl (C=O) groups excluding carboxylic acids is 1. The van der Waals surface area contributed by atoms with E-state index in [2.05, 4.69) is 5.10 Å². The first-order valence-corrected chi connectivity index (χ1v) is 8.63. The molecule has 1 aromatic carbocycles. The molecular formula is C19H25N3O2. The molecule has 1 saturated heterocycles. The van der Waals surface area contributed by atoms with Crippen molar-refractivity contribution in [3.05, 3.63) is 54.4 Å². The molecule has 0 bridgehead atoms. The fourth-order valence-electron chi connectivity index (χ4n) is 3.22. The average molecular weight is 327 g/mol. The van der Waals surface area contributed by atoms with Crippen molar-refractivity contribution in [1.82, 2.24) is 14.7 Å². The Kier molecular flexibility index (Phi) is 5.64. The fraction of sp³-hybridized carbons (Fsp3) is 0.474. The molecule has 5 nitrogen and oxygen atoms in total. The van der Waals surface area contributed by atoms with E-state index in [9.17, 15) is 4.79 Å². The number of amides is 1. The van der Waals surface area contributed by atoms with Crippen molar-refractivity contribution >= 4 is 5.91 Å². The van der Waals surface area contributed by atoms with Crippen LogP contribution in [0.25, 0.3) is 0 Å². The smallest absolute Gasteiger partial charge is 0.228 e. The van der Waals surface area contributed by atoms with Gasteiger partial charge in [0.2, 0.25) is 5.91 Å². The number of rotatable bonds is 7. The van der Waals surface area contributed by atoms with E-state index >= 15 is 0 Å². The zero-order valence-corrected chi connectivity index (χ0v) is 14.2. The third-order valence-corrected chi connectivity index (χ3v) is 4.52. The molecule has 0 saturated carbocycles. The summed E-state index contributed by atoms with van der Waals surface area (Å²) in [5, 5.41) is 4.26. The van der Waals surface area contributed by atoms with Gasteiger partial charge in [0, 0.05) is 18.9 Å². The van der Waals surface area contributed by atoms with Crippen molar-refractivity contribution < 1.29 is 9.53 Å². The van der Waals surface area contributed by atoms with Crippen molar-refractivity contribution in [3.8, 4) is 0 Å². The molecule has 1 aromatic heterocycles. The van der Waals surface area contributed by atoms with Crippen LogP contribution in [0.3, 0.4) is 0 Å². The van der Waals surface area contributed by atoms with Gasteiger partial charge in [-0.25, -0.2) is 0 Å². The Morgan fingerprint density at radius 1 is 1.33 bits per heavy atom. The number of ether oxygens (including phenoxy) is 1. The fourth-order valence-corrected chi connectivity index (χ4v) is 3.22. The molecule has 1 aliphatic rings. The van der Waals surface area contributed by atoms with E-state index in [1.54, 1.807) is 6.20 Å². The second kappa shape index (κ2) is 8.11. The molecule has 0 spiro atoms. The van der Waals surface area contributed by atoms with Crippen molar-refractivity contribution in [2.45, 2.75) is 39.0 Å². The van der Waals surface area contributed by atoms with Gasteiger partial charge in [0.05, 0.1) is 31.7 Å². The van der Waals surface area contributed by atoms with Gasteiger partial charge in [-0.15, -0.1) is 0 Å². The van der Waals surface area contributed by atoms with Crippen LogP contribution in [0, 0.1) is 5.92 Å². The van der Waals surface area contributed by atoms with Gasteiger partial charge >= 0.3 is 0 Å². The zero-order valence-electron chi connectivity index (χ0n) is 14.2. The van der Waals surface area contributed by atoms with Crippen LogP contribution in [0.15, 0.2) is 48.8 Å². The highest BCUT2D eigenvalue weighted by molar-refractivity contribution is 5.79. The van der Waals surface area contributed by atoms with E-state index in [0.29, 0.717) is 13.2 Å². The zero-order chi connectivity index (χ0) is 16.8. The summed E-state index contributed by atoms with van der Waals surface area (Å²) in [4.78, 5) is 14.8. The summed E-state index contributed by atoms with van der Waals surface area (Å²) in [5.41, 5.74) is 1.13. The standard InChI is InChI=1S/C19H25N3O2/c1-16(14-24-15-17-7-3-2-4-8-17)19(23)22-12-5-9-18(22)13-21-11-6-10-20-21/h2-4,6-8,10-11,16,18H,5,9,12-15H2,1H3/t16-,18-/m0/s1. The van der Waals surface area contributed by atoms with E-state index < -0.39 is 0 Å². The molecule has 1 fully saturated rings. The highest BCUT2D eigenvalue weighted by Crippen LogP contribution is 2.21. The van der Waals surface area contributed by atoms with Crippen molar-refractivity contribution in [3.63, 3.8) is 0 Å². The summed E-state index contributed by atoms with van der Waals surface area (Å²) in [6, 6.07) is 12.2. The highest BCUT2D eigenvalue weighted by atomic mass is 16.5. The lowest BCUT2D eigenvalue weighted by atomic mass is 10.1. The van der Waals surface area contributed by atoms with Gasteiger partial charge in [-0.3, -0.25) is 9.48 Å². The summed E-state index contributed by atoms with van der Waals surface area (Å²) in [6.45, 7) is 4.58. The number of hydrogen-bond acceptors (Lipinski definition) is 3. The molecule has 5 heteroatoms. The normalized spacial score (nSPS) is 18.7. The first kappa shape index (κ1) is 16.7. The van der Waals surface area contributed by atoms with Crippen molar-refractivity contribution in [2.24, 2.45) is 5.92 Å². The molecule has 128 valence electrons. The first-order chi connectivity index (χ1) is 11.7. The lowest BCUT2D eigenvalue weighted by Crippen LogP contribution is -2.42. The molecule has 0 N–H and O–H groups in total. The SMILES string of the molecule is C[C@@H](COCc1ccccc1)C(=O)N1CCC[C@H]1Cn1cccn1. The second-order valence-electron chi connectivity index (χ2n) is 6.46. The van der Waals surface area contributed by atoms with Gasteiger partial charge in [0.15, 0.2) is 0 Å². The Morgan fingerprint density at radius 3 is 2.92 bits per heavy atom. The molecular weight excluding hydrogens is 302 g/mol. The van der Waals surface area contributed by atoms with E-state index in [1.165, 1.54) is 0 Å². The van der Waals surface area contributed by atoms with Crippen LogP contribution in [0.5, 0.6) is 0 Å². The van der Waals surface area contributed by atoms with E-state index in [-0.39, 0.29) is 17.9 Å². The maximum absolute atomic E-state index is 12.7. The average Bonchev–Trinajstić information content (AvgIpc) is 3.27. The lowest BCUT2D eigenvalue weighted by molar-refractivity contribution is -0.138. The molecule has 2 atom stereocenters. The molecule has 0 unspecified atom stereocenters. The molecule has 2 aromatic rings. The van der Waals surface area contributed by atoms with Crippen LogP contribution >= 0.6 is 0 Å². The highest BCUT2D eigenvalue weighted by Gasteiger charge is 2.31. The minimum Gasteiger partial charge on any atom is -0.376 e. The van der Waals surface area contributed by atoms with E-state index in [0.717, 1.165) is 31.5 Å². The van der Waals surface area contributed by atoms with Gasteiger partial charge in [-0.05, 0) is 24.5 Å². The monoisotopic (exact) mass is 327 g/mol. The van der Waals surface area contributed by atoms with E-state index in [4.69, 9.17) is 4.74 Å². The van der Waals surface area contributed by atoms with Gasteiger partial charge in [-0.2, -0.15) is 5.10 Å². The third kappa shape index (κ3) is 4.23. The lowest BCUT2D eigenvalue weighted by Gasteiger charge is -2.27. The van der Waals surface area contributed by atoms with Crippen LogP contribution < -0.4 is 0 Å². The predicted octanol–water partition coefficient (Wildman–Crippen LogP) is 2.73. The second-order valence-corrected chi connectivity index (χ2v) is 6.46. The maximum atomic E-state index is 12.7. The quantitative estimate of drug-likeness (QED) is 0.785. The van der Waals surface area contributed by atoms with Crippen molar-refractivity contribution in [1.29, 1.82) is 0 Å². The number of hydrogen-bond donors (Lipinski definition) is 0. The van der Waals surface area contributed by atoms with Crippen LogP contribution in [0.1, 0.15) is 25.3 Å². The number of benzene rings is 1. The van der Waals surface area contributed by atoms with Gasteiger partial charge in [0.1, 0.15) is 0 Å². The summed E-state index contributed by atoms with van der Waals surface area (Å²) in [6.07, 6.45) is 5.84. The van der Waals surface area contributed by atoms with Gasteiger partial charge < -0.3 is 9.64 Å². The number of aromatic nitrogens is 2. The summed E-state index contributed by atoms with van der Waals surface area (Å²) < 4.78 is 7.65. The van der Waals surface area contributed by atoms with E-state index in [1.807, 2.05) is 59.1 Å². The van der Waals surface area contributed by atoms with Gasteiger partial charge in [0.25, 0.3) is 0 Å². The predicted molar refractivity (Wildman–Crippen MR) is 92.2 cm³/mol.